The minimum Gasteiger partial charge on any atom is -0.495 e. The fourth-order valence-corrected chi connectivity index (χ4v) is 2.23. The molecule has 0 fully saturated rings. The maximum Gasteiger partial charge on any atom is 0.141 e. The Morgan fingerprint density at radius 2 is 2.21 bits per heavy atom. The molecule has 1 atom stereocenters. The summed E-state index contributed by atoms with van der Waals surface area (Å²) in [6.07, 6.45) is 3.66. The highest BCUT2D eigenvalue weighted by Gasteiger charge is 2.14. The molecular weight excluding hydrogens is 311 g/mol. The van der Waals surface area contributed by atoms with Crippen LogP contribution in [0.4, 0.5) is 4.39 Å². The molecule has 0 saturated carbocycles. The highest BCUT2D eigenvalue weighted by molar-refractivity contribution is 9.10. The van der Waals surface area contributed by atoms with Gasteiger partial charge in [-0.15, -0.1) is 0 Å². The highest BCUT2D eigenvalue weighted by atomic mass is 79.9. The lowest BCUT2D eigenvalue weighted by Crippen LogP contribution is -2.15. The maximum atomic E-state index is 13.8. The van der Waals surface area contributed by atoms with Gasteiger partial charge in [0, 0.05) is 22.3 Å². The molecule has 1 unspecified atom stereocenters. The van der Waals surface area contributed by atoms with E-state index in [-0.39, 0.29) is 11.9 Å². The van der Waals surface area contributed by atoms with E-state index in [2.05, 4.69) is 20.9 Å². The number of hydrogen-bond acceptors (Lipinski definition) is 3. The van der Waals surface area contributed by atoms with E-state index in [9.17, 15) is 4.39 Å². The van der Waals surface area contributed by atoms with Crippen LogP contribution in [0.1, 0.15) is 17.2 Å². The molecule has 0 bridgehead atoms. The van der Waals surface area contributed by atoms with Crippen LogP contribution in [0, 0.1) is 5.82 Å². The average molecular weight is 325 g/mol. The quantitative estimate of drug-likeness (QED) is 0.939. The lowest BCUT2D eigenvalue weighted by Gasteiger charge is -2.15. The molecule has 3 nitrogen and oxygen atoms in total. The third-order valence-electron chi connectivity index (χ3n) is 2.89. The molecule has 19 heavy (non-hydrogen) atoms. The smallest absolute Gasteiger partial charge is 0.141 e. The number of nitrogens with zero attached hydrogens (tertiary/aromatic N) is 1. The molecule has 1 aromatic carbocycles. The Balaban J connectivity index is 2.23. The number of rotatable bonds is 4. The molecular formula is C14H14BrFN2O. The van der Waals surface area contributed by atoms with Gasteiger partial charge in [0.2, 0.25) is 0 Å². The first-order valence-corrected chi connectivity index (χ1v) is 6.58. The number of halogens is 2. The van der Waals surface area contributed by atoms with Gasteiger partial charge >= 0.3 is 0 Å². The Hall–Kier alpha value is -1.46. The van der Waals surface area contributed by atoms with Crippen LogP contribution in [-0.4, -0.2) is 12.1 Å². The fourth-order valence-electron chi connectivity index (χ4n) is 1.90. The van der Waals surface area contributed by atoms with Gasteiger partial charge in [-0.25, -0.2) is 4.39 Å². The van der Waals surface area contributed by atoms with Crippen molar-refractivity contribution in [2.24, 2.45) is 5.73 Å². The zero-order valence-corrected chi connectivity index (χ0v) is 12.0. The molecule has 2 N–H and O–H groups in total. The predicted octanol–water partition coefficient (Wildman–Crippen LogP) is 3.23. The molecule has 0 saturated heterocycles. The molecule has 0 aliphatic rings. The number of aromatic nitrogens is 1. The SMILES string of the molecule is COc1cnccc1C(N)Cc1ccc(Br)cc1F. The second kappa shape index (κ2) is 6.12. The summed E-state index contributed by atoms with van der Waals surface area (Å²) in [5.41, 5.74) is 7.52. The van der Waals surface area contributed by atoms with Crippen LogP contribution >= 0.6 is 15.9 Å². The summed E-state index contributed by atoms with van der Waals surface area (Å²) in [5.74, 6) is 0.352. The molecule has 0 amide bonds. The van der Waals surface area contributed by atoms with E-state index in [0.717, 1.165) is 5.56 Å². The van der Waals surface area contributed by atoms with Gasteiger partial charge in [-0.3, -0.25) is 4.98 Å². The van der Waals surface area contributed by atoms with Gasteiger partial charge in [-0.2, -0.15) is 0 Å². The zero-order chi connectivity index (χ0) is 13.8. The van der Waals surface area contributed by atoms with E-state index in [1.165, 1.54) is 6.07 Å². The molecule has 0 radical (unpaired) electrons. The molecule has 1 heterocycles. The van der Waals surface area contributed by atoms with Crippen molar-refractivity contribution in [3.8, 4) is 5.75 Å². The average Bonchev–Trinajstić information content (AvgIpc) is 2.41. The normalized spacial score (nSPS) is 12.2. The fraction of sp³-hybridized carbons (Fsp3) is 0.214. The molecule has 2 aromatic rings. The summed E-state index contributed by atoms with van der Waals surface area (Å²) in [6.45, 7) is 0. The summed E-state index contributed by atoms with van der Waals surface area (Å²) in [4.78, 5) is 3.97. The van der Waals surface area contributed by atoms with Crippen LogP contribution in [0.2, 0.25) is 0 Å². The van der Waals surface area contributed by atoms with E-state index in [4.69, 9.17) is 10.5 Å². The number of benzene rings is 1. The highest BCUT2D eigenvalue weighted by Crippen LogP contribution is 2.26. The van der Waals surface area contributed by atoms with Gasteiger partial charge in [0.25, 0.3) is 0 Å². The van der Waals surface area contributed by atoms with Crippen LogP contribution in [0.5, 0.6) is 5.75 Å². The molecule has 0 aliphatic carbocycles. The minimum atomic E-state index is -0.339. The van der Waals surface area contributed by atoms with Crippen molar-refractivity contribution in [3.63, 3.8) is 0 Å². The van der Waals surface area contributed by atoms with Crippen LogP contribution in [0.15, 0.2) is 41.1 Å². The third-order valence-corrected chi connectivity index (χ3v) is 3.38. The van der Waals surface area contributed by atoms with Crippen molar-refractivity contribution < 1.29 is 9.13 Å². The van der Waals surface area contributed by atoms with Crippen molar-refractivity contribution in [2.75, 3.05) is 7.11 Å². The van der Waals surface area contributed by atoms with E-state index in [1.807, 2.05) is 0 Å². The van der Waals surface area contributed by atoms with Gasteiger partial charge in [-0.1, -0.05) is 22.0 Å². The number of nitrogens with two attached hydrogens (primary N) is 1. The lowest BCUT2D eigenvalue weighted by atomic mass is 9.99. The first-order chi connectivity index (χ1) is 9.11. The van der Waals surface area contributed by atoms with Crippen molar-refractivity contribution >= 4 is 15.9 Å². The molecule has 0 spiro atoms. The standard InChI is InChI=1S/C14H14BrFN2O/c1-19-14-8-18-5-4-11(14)13(17)6-9-2-3-10(15)7-12(9)16/h2-5,7-8,13H,6,17H2,1H3. The summed E-state index contributed by atoms with van der Waals surface area (Å²) in [6, 6.07) is 6.42. The Morgan fingerprint density at radius 3 is 2.89 bits per heavy atom. The Morgan fingerprint density at radius 1 is 1.42 bits per heavy atom. The first kappa shape index (κ1) is 14.0. The summed E-state index contributed by atoms with van der Waals surface area (Å²) < 4.78 is 19.7. The Bertz CT molecular complexity index is 577. The van der Waals surface area contributed by atoms with Crippen LogP contribution < -0.4 is 10.5 Å². The molecule has 2 rings (SSSR count). The number of hydrogen-bond donors (Lipinski definition) is 1. The zero-order valence-electron chi connectivity index (χ0n) is 10.4. The Labute approximate surface area is 119 Å². The van der Waals surface area contributed by atoms with Gasteiger partial charge in [-0.05, 0) is 30.2 Å². The van der Waals surface area contributed by atoms with Crippen LogP contribution in [0.25, 0.3) is 0 Å². The second-order valence-electron chi connectivity index (χ2n) is 4.16. The first-order valence-electron chi connectivity index (χ1n) is 5.79. The number of pyridine rings is 1. The predicted molar refractivity (Wildman–Crippen MR) is 75.5 cm³/mol. The minimum absolute atomic E-state index is 0.266. The van der Waals surface area contributed by atoms with Crippen molar-refractivity contribution in [1.82, 2.24) is 4.98 Å². The summed E-state index contributed by atoms with van der Waals surface area (Å²) in [7, 11) is 1.56. The van der Waals surface area contributed by atoms with Gasteiger partial charge < -0.3 is 10.5 Å². The van der Waals surface area contributed by atoms with Gasteiger partial charge in [0.05, 0.1) is 13.3 Å². The molecule has 100 valence electrons. The van der Waals surface area contributed by atoms with Crippen LogP contribution in [0.3, 0.4) is 0 Å². The van der Waals surface area contributed by atoms with Gasteiger partial charge in [0.1, 0.15) is 11.6 Å². The van der Waals surface area contributed by atoms with E-state index >= 15 is 0 Å². The Kier molecular flexibility index (Phi) is 4.50. The second-order valence-corrected chi connectivity index (χ2v) is 5.08. The van der Waals surface area contributed by atoms with Crippen molar-refractivity contribution in [3.05, 3.63) is 58.1 Å². The number of methoxy groups -OCH3 is 1. The van der Waals surface area contributed by atoms with Crippen LogP contribution in [-0.2, 0) is 6.42 Å². The van der Waals surface area contributed by atoms with E-state index in [1.54, 1.807) is 37.7 Å². The number of ether oxygens (including phenoxy) is 1. The van der Waals surface area contributed by atoms with Gasteiger partial charge in [0.15, 0.2) is 0 Å². The monoisotopic (exact) mass is 324 g/mol. The maximum absolute atomic E-state index is 13.8. The molecule has 5 heteroatoms. The third kappa shape index (κ3) is 3.30. The van der Waals surface area contributed by atoms with Crippen molar-refractivity contribution in [2.45, 2.75) is 12.5 Å². The largest absolute Gasteiger partial charge is 0.495 e. The molecule has 1 aromatic heterocycles. The van der Waals surface area contributed by atoms with Crippen molar-refractivity contribution in [1.29, 1.82) is 0 Å². The summed E-state index contributed by atoms with van der Waals surface area (Å²) in [5, 5.41) is 0. The summed E-state index contributed by atoms with van der Waals surface area (Å²) >= 11 is 3.23. The lowest BCUT2D eigenvalue weighted by molar-refractivity contribution is 0.403. The molecule has 0 aliphatic heterocycles. The van der Waals surface area contributed by atoms with E-state index < -0.39 is 0 Å². The van der Waals surface area contributed by atoms with E-state index in [0.29, 0.717) is 22.2 Å². The topological polar surface area (TPSA) is 48.1 Å².